The van der Waals surface area contributed by atoms with Crippen molar-refractivity contribution in [3.8, 4) is 0 Å². The van der Waals surface area contributed by atoms with Gasteiger partial charge < -0.3 is 49.3 Å². The summed E-state index contributed by atoms with van der Waals surface area (Å²) < 4.78 is 0. The van der Waals surface area contributed by atoms with Gasteiger partial charge in [0.15, 0.2) is 0 Å². The second kappa shape index (κ2) is 546. The predicted octanol–water partition coefficient (Wildman–Crippen LogP) is -1.98. The zero-order valence-corrected chi connectivity index (χ0v) is 10.9. The van der Waals surface area contributed by atoms with Gasteiger partial charge in [-0.3, -0.25) is 0 Å². The molecule has 0 aromatic rings. The SMILES string of the molecule is [Al+3].[Cr+3].[OH-].[OH-].[OH-].[OH-].[OH-].[OH-].[OH-].[OH-].[OH-].[Y+3]. The molecule has 0 aromatic carbocycles. The maximum absolute atomic E-state index is 0. The van der Waals surface area contributed by atoms with Crippen LogP contribution < -0.4 is 0 Å². The molecule has 0 aliphatic heterocycles. The molecule has 0 bridgehead atoms. The van der Waals surface area contributed by atoms with Crippen molar-refractivity contribution in [1.82, 2.24) is 0 Å². The number of rotatable bonds is 0. The first-order valence-corrected chi connectivity index (χ1v) is 0. The first-order valence-electron chi connectivity index (χ1n) is 0. The molecular formula is H9AlCrO9Y. The van der Waals surface area contributed by atoms with Crippen molar-refractivity contribution in [2.75, 3.05) is 0 Å². The summed E-state index contributed by atoms with van der Waals surface area (Å²) >= 11 is 0. The van der Waals surface area contributed by atoms with Gasteiger partial charge in [0, 0.05) is 0 Å². The summed E-state index contributed by atoms with van der Waals surface area (Å²) in [5.74, 6) is 0. The molecule has 0 aliphatic rings. The van der Waals surface area contributed by atoms with Crippen molar-refractivity contribution in [1.29, 1.82) is 0 Å². The van der Waals surface area contributed by atoms with Crippen molar-refractivity contribution in [2.45, 2.75) is 0 Å². The minimum Gasteiger partial charge on any atom is -0.870 e. The summed E-state index contributed by atoms with van der Waals surface area (Å²) in [6, 6.07) is 0. The third-order valence-corrected chi connectivity index (χ3v) is 0. The van der Waals surface area contributed by atoms with Crippen molar-refractivity contribution < 1.29 is 99.4 Å². The molecule has 75 valence electrons. The van der Waals surface area contributed by atoms with E-state index in [9.17, 15) is 0 Å². The minimum atomic E-state index is 0. The Morgan fingerprint density at radius 1 is 0.333 bits per heavy atom. The van der Waals surface area contributed by atoms with Crippen LogP contribution in [0.4, 0.5) is 0 Å². The molecule has 0 amide bonds. The molecule has 0 atom stereocenters. The Balaban J connectivity index is 0. The van der Waals surface area contributed by atoms with E-state index in [0.717, 1.165) is 0 Å². The number of hydrogen-bond acceptors (Lipinski definition) is 9. The second-order valence-corrected chi connectivity index (χ2v) is 0. The largest absolute Gasteiger partial charge is 3.00 e. The number of hydrogen-bond donors (Lipinski definition) is 0. The van der Waals surface area contributed by atoms with Gasteiger partial charge in [-0.25, -0.2) is 0 Å². The molecule has 0 aliphatic carbocycles. The van der Waals surface area contributed by atoms with Gasteiger partial charge in [-0.05, 0) is 0 Å². The molecule has 0 rings (SSSR count). The van der Waals surface area contributed by atoms with Crippen molar-refractivity contribution in [2.24, 2.45) is 0 Å². The standard InChI is InChI=1S/Al.Cr.9H2O.Y/h;;9*1H2;/q2*+3;;;;;;;;;;+3/p-9. The van der Waals surface area contributed by atoms with Crippen LogP contribution in [0.15, 0.2) is 0 Å². The zero-order chi connectivity index (χ0) is 0. The maximum atomic E-state index is 0. The maximum Gasteiger partial charge on any atom is 3.00 e. The molecule has 0 saturated heterocycles. The monoisotopic (exact) mass is 321 g/mol. The van der Waals surface area contributed by atoms with E-state index in [1.807, 2.05) is 0 Å². The normalized spacial score (nSPS) is 0. The van der Waals surface area contributed by atoms with E-state index >= 15 is 0 Å². The van der Waals surface area contributed by atoms with Crippen molar-refractivity contribution in [3.05, 3.63) is 0 Å². The smallest absolute Gasteiger partial charge is 0.870 e. The van der Waals surface area contributed by atoms with Crippen LogP contribution >= 0.6 is 0 Å². The molecule has 12 heavy (non-hydrogen) atoms. The Hall–Kier alpha value is 1.81. The van der Waals surface area contributed by atoms with E-state index in [1.165, 1.54) is 0 Å². The Labute approximate surface area is 116 Å². The second-order valence-electron chi connectivity index (χ2n) is 0. The molecule has 0 aromatic heterocycles. The Kier molecular flexibility index (Phi) is 31500. The molecule has 0 spiro atoms. The fourth-order valence-electron chi connectivity index (χ4n) is 0. The van der Waals surface area contributed by atoms with Crippen LogP contribution in [0.1, 0.15) is 0 Å². The van der Waals surface area contributed by atoms with E-state index in [-0.39, 0.29) is 117 Å². The fraction of sp³-hybridized carbons (Fsp3) is 0. The van der Waals surface area contributed by atoms with Gasteiger partial charge >= 0.3 is 67.4 Å². The average Bonchev–Trinajstić information content (AvgIpc) is 0. The van der Waals surface area contributed by atoms with Crippen LogP contribution in [-0.4, -0.2) is 66.6 Å². The van der Waals surface area contributed by atoms with Gasteiger partial charge in [0.2, 0.25) is 0 Å². The molecule has 9 N–H and O–H groups in total. The molecule has 12 heteroatoms. The van der Waals surface area contributed by atoms with E-state index < -0.39 is 0 Å². The van der Waals surface area contributed by atoms with Gasteiger partial charge in [-0.1, -0.05) is 0 Å². The predicted molar refractivity (Wildman–Crippen MR) is 23.2 cm³/mol. The molecule has 0 saturated carbocycles. The van der Waals surface area contributed by atoms with Crippen molar-refractivity contribution in [3.63, 3.8) is 0 Å². The first-order chi connectivity index (χ1) is 0. The van der Waals surface area contributed by atoms with E-state index in [4.69, 9.17) is 0 Å². The molecule has 9 nitrogen and oxygen atoms in total. The molecule has 0 heterocycles. The van der Waals surface area contributed by atoms with Gasteiger partial charge in [0.05, 0.1) is 0 Å². The van der Waals surface area contributed by atoms with Gasteiger partial charge in [0.1, 0.15) is 0 Å². The summed E-state index contributed by atoms with van der Waals surface area (Å²) in [6.07, 6.45) is 0. The Morgan fingerprint density at radius 3 is 0.333 bits per heavy atom. The van der Waals surface area contributed by atoms with Crippen LogP contribution in [-0.2, 0) is 50.1 Å². The quantitative estimate of drug-likeness (QED) is 0.446. The van der Waals surface area contributed by atoms with Crippen molar-refractivity contribution >= 4 is 17.4 Å². The van der Waals surface area contributed by atoms with Crippen LogP contribution in [0, 0.1) is 0 Å². The van der Waals surface area contributed by atoms with E-state index in [0.29, 0.717) is 0 Å². The Bertz CT molecular complexity index is 14.5. The Morgan fingerprint density at radius 2 is 0.333 bits per heavy atom. The zero-order valence-electron chi connectivity index (χ0n) is 5.59. The molecule has 1 radical (unpaired) electrons. The van der Waals surface area contributed by atoms with Crippen LogP contribution in [0.25, 0.3) is 0 Å². The fourth-order valence-corrected chi connectivity index (χ4v) is 0. The molecule has 0 unspecified atom stereocenters. The van der Waals surface area contributed by atoms with E-state index in [1.54, 1.807) is 0 Å². The summed E-state index contributed by atoms with van der Waals surface area (Å²) in [7, 11) is 0. The third-order valence-electron chi connectivity index (χ3n) is 0. The topological polar surface area (TPSA) is 270 Å². The minimum absolute atomic E-state index is 0. The summed E-state index contributed by atoms with van der Waals surface area (Å²) in [4.78, 5) is 0. The van der Waals surface area contributed by atoms with Crippen LogP contribution in [0.2, 0.25) is 0 Å². The van der Waals surface area contributed by atoms with E-state index in [2.05, 4.69) is 0 Å². The van der Waals surface area contributed by atoms with Gasteiger partial charge in [-0.2, -0.15) is 0 Å². The first kappa shape index (κ1) is 692. The molecular weight excluding hydrogens is 312 g/mol. The van der Waals surface area contributed by atoms with Crippen LogP contribution in [0.3, 0.4) is 0 Å². The van der Waals surface area contributed by atoms with Gasteiger partial charge in [0.25, 0.3) is 0 Å². The summed E-state index contributed by atoms with van der Waals surface area (Å²) in [5.41, 5.74) is 0. The summed E-state index contributed by atoms with van der Waals surface area (Å²) in [6.45, 7) is 0. The molecule has 0 fully saturated rings. The average molecular weight is 321 g/mol. The van der Waals surface area contributed by atoms with Crippen LogP contribution in [0.5, 0.6) is 0 Å². The summed E-state index contributed by atoms with van der Waals surface area (Å²) in [5, 5.41) is 0. The van der Waals surface area contributed by atoms with Gasteiger partial charge in [-0.15, -0.1) is 0 Å². The third kappa shape index (κ3) is 422.